The standard InChI is InChI=1S/C75H96N10O21/c1-13-26-103-73(95)81-64(43(4)5)67(89)77-47(10)65(87)78-50-21-17-48(18-22-50)40-105-74(96)84-54-36-60(58(98-11)34-52(54)68(90)82-38-45(8)32-56(82)70(84)92)101-27-15-14-16-28-102-61-37-55-53(35-59(61)99-12)69(91)83-39-46(9)33-57(83)71(93)85(55)75(97)106-41-49-19-23-51(24-20-49)79-72(94)104-31-30-100-29-25-62(86)80-63(42(2)3)66(88)76-44(6)7/h13,17-24,34-39,42-44,47,56-57,63-64,70-71,92-93H,1,14-16,25-33,40-41H2,2-12H3,(H,76,88)(H,77,89)(H,78,87)(H,79,94)(H,80,86)(H,81,95)/t47?,56-,57+,63+,64?,70-,71+/m0/s1. The summed E-state index contributed by atoms with van der Waals surface area (Å²) in [5, 5.41) is 40.0. The zero-order valence-electron chi connectivity index (χ0n) is 61.5. The highest BCUT2D eigenvalue weighted by molar-refractivity contribution is 6.08. The number of carbonyl (C=O) groups is 10. The minimum absolute atomic E-state index is 0.00165. The quantitative estimate of drug-likeness (QED) is 0.0126. The number of aliphatic hydroxyl groups is 2. The van der Waals surface area contributed by atoms with Crippen molar-refractivity contribution in [3.8, 4) is 23.0 Å². The van der Waals surface area contributed by atoms with Gasteiger partial charge in [0.15, 0.2) is 35.5 Å². The Bertz CT molecular complexity index is 3920. The maximum absolute atomic E-state index is 14.3. The van der Waals surface area contributed by atoms with Crippen LogP contribution in [0.2, 0.25) is 0 Å². The lowest BCUT2D eigenvalue weighted by atomic mass is 10.0. The Morgan fingerprint density at radius 1 is 0.538 bits per heavy atom. The van der Waals surface area contributed by atoms with Crippen LogP contribution >= 0.6 is 0 Å². The van der Waals surface area contributed by atoms with Crippen molar-refractivity contribution < 1.29 is 101 Å². The molecule has 31 heteroatoms. The van der Waals surface area contributed by atoms with E-state index in [0.29, 0.717) is 41.8 Å². The Labute approximate surface area is 615 Å². The van der Waals surface area contributed by atoms with Gasteiger partial charge < -0.3 is 89.2 Å². The number of nitrogens with one attached hydrogen (secondary N) is 6. The van der Waals surface area contributed by atoms with Crippen molar-refractivity contribution in [2.45, 2.75) is 163 Å². The van der Waals surface area contributed by atoms with E-state index in [4.69, 9.17) is 42.6 Å². The molecule has 0 spiro atoms. The number of rotatable bonds is 33. The van der Waals surface area contributed by atoms with Gasteiger partial charge in [-0.25, -0.2) is 29.0 Å². The number of amides is 10. The summed E-state index contributed by atoms with van der Waals surface area (Å²) in [6, 6.07) is 14.0. The maximum atomic E-state index is 14.3. The molecule has 572 valence electrons. The molecule has 4 aliphatic rings. The van der Waals surface area contributed by atoms with E-state index in [0.717, 1.165) is 20.9 Å². The number of anilines is 4. The van der Waals surface area contributed by atoms with Crippen LogP contribution in [0, 0.1) is 11.8 Å². The van der Waals surface area contributed by atoms with E-state index < -0.39 is 90.7 Å². The number of hydrogen-bond donors (Lipinski definition) is 8. The van der Waals surface area contributed by atoms with Gasteiger partial charge in [0.05, 0.1) is 75.2 Å². The van der Waals surface area contributed by atoms with Crippen molar-refractivity contribution in [3.63, 3.8) is 0 Å². The van der Waals surface area contributed by atoms with Crippen LogP contribution in [0.25, 0.3) is 0 Å². The molecule has 31 nitrogen and oxygen atoms in total. The molecule has 4 aromatic carbocycles. The number of benzene rings is 4. The molecule has 8 rings (SSSR count). The van der Waals surface area contributed by atoms with Crippen molar-refractivity contribution in [3.05, 3.63) is 131 Å². The average Bonchev–Trinajstić information content (AvgIpc) is 1.60. The number of alkyl carbamates (subject to hydrolysis) is 1. The molecule has 4 aromatic rings. The van der Waals surface area contributed by atoms with Crippen LogP contribution in [0.1, 0.15) is 133 Å². The van der Waals surface area contributed by atoms with Gasteiger partial charge in [-0.3, -0.25) is 34.1 Å². The van der Waals surface area contributed by atoms with Gasteiger partial charge >= 0.3 is 24.4 Å². The first-order valence-corrected chi connectivity index (χ1v) is 35.0. The highest BCUT2D eigenvalue weighted by Gasteiger charge is 2.47. The Kier molecular flexibility index (Phi) is 28.7. The van der Waals surface area contributed by atoms with Gasteiger partial charge in [0.25, 0.3) is 11.8 Å². The second-order valence-corrected chi connectivity index (χ2v) is 26.8. The fourth-order valence-electron chi connectivity index (χ4n) is 12.0. The van der Waals surface area contributed by atoms with Crippen molar-refractivity contribution in [2.24, 2.45) is 11.8 Å². The minimum Gasteiger partial charge on any atom is -0.493 e. The molecule has 106 heavy (non-hydrogen) atoms. The predicted octanol–water partition coefficient (Wildman–Crippen LogP) is 8.52. The number of unbranched alkanes of at least 4 members (excludes halogenated alkanes) is 2. The normalized spacial score (nSPS) is 17.3. The van der Waals surface area contributed by atoms with E-state index in [1.54, 1.807) is 74.8 Å². The first-order chi connectivity index (χ1) is 50.6. The Morgan fingerprint density at radius 2 is 1.01 bits per heavy atom. The minimum atomic E-state index is -1.58. The van der Waals surface area contributed by atoms with Gasteiger partial charge in [0.1, 0.15) is 44.6 Å². The molecule has 10 amide bonds. The molecule has 0 aliphatic carbocycles. The van der Waals surface area contributed by atoms with Gasteiger partial charge in [0, 0.05) is 48.4 Å². The molecule has 0 radical (unpaired) electrons. The molecule has 0 bridgehead atoms. The summed E-state index contributed by atoms with van der Waals surface area (Å²) < 4.78 is 51.2. The molecular formula is C75H96N10O21. The zero-order chi connectivity index (χ0) is 77.1. The third kappa shape index (κ3) is 21.0. The first kappa shape index (κ1) is 80.8. The third-order valence-corrected chi connectivity index (χ3v) is 17.5. The van der Waals surface area contributed by atoms with E-state index in [1.165, 1.54) is 61.3 Å². The predicted molar refractivity (Wildman–Crippen MR) is 388 cm³/mol. The van der Waals surface area contributed by atoms with Gasteiger partial charge in [-0.2, -0.15) is 0 Å². The number of ether oxygens (including phenoxy) is 9. The second-order valence-electron chi connectivity index (χ2n) is 26.8. The topological polar surface area (TPSA) is 379 Å². The number of aliphatic hydroxyl groups excluding tert-OH is 2. The summed E-state index contributed by atoms with van der Waals surface area (Å²) in [4.78, 5) is 138. The summed E-state index contributed by atoms with van der Waals surface area (Å²) in [6.45, 7) is 19.0. The van der Waals surface area contributed by atoms with Gasteiger partial charge in [-0.1, -0.05) is 75.8 Å². The number of methoxy groups -OCH3 is 2. The summed E-state index contributed by atoms with van der Waals surface area (Å²) >= 11 is 0. The number of hydrogen-bond acceptors (Lipinski definition) is 21. The lowest BCUT2D eigenvalue weighted by molar-refractivity contribution is -0.130. The van der Waals surface area contributed by atoms with Gasteiger partial charge in [-0.05, 0) is 126 Å². The molecule has 4 aliphatic heterocycles. The van der Waals surface area contributed by atoms with E-state index in [-0.39, 0.29) is 147 Å². The summed E-state index contributed by atoms with van der Waals surface area (Å²) in [7, 11) is 2.81. The maximum Gasteiger partial charge on any atom is 0.416 e. The zero-order valence-corrected chi connectivity index (χ0v) is 61.5. The van der Waals surface area contributed by atoms with Crippen molar-refractivity contribution in [2.75, 3.05) is 74.3 Å². The molecule has 7 atom stereocenters. The second kappa shape index (κ2) is 37.7. The smallest absolute Gasteiger partial charge is 0.416 e. The van der Waals surface area contributed by atoms with Crippen LogP contribution in [-0.4, -0.2) is 182 Å². The van der Waals surface area contributed by atoms with Crippen LogP contribution in [-0.2, 0) is 56.1 Å². The summed E-state index contributed by atoms with van der Waals surface area (Å²) in [5.41, 5.74) is 3.42. The summed E-state index contributed by atoms with van der Waals surface area (Å²) in [6.07, 6.45) is -0.0458. The summed E-state index contributed by atoms with van der Waals surface area (Å²) in [5.74, 6) is -2.55. The van der Waals surface area contributed by atoms with E-state index in [1.807, 2.05) is 41.5 Å². The molecule has 0 saturated carbocycles. The molecule has 0 fully saturated rings. The molecule has 8 N–H and O–H groups in total. The molecule has 2 unspecified atom stereocenters. The Morgan fingerprint density at radius 3 is 1.47 bits per heavy atom. The molecule has 0 saturated heterocycles. The molecular weight excluding hydrogens is 1380 g/mol. The van der Waals surface area contributed by atoms with Crippen molar-refractivity contribution >= 4 is 82.6 Å². The first-order valence-electron chi connectivity index (χ1n) is 35.0. The SMILES string of the molecule is C=CCOC(=O)NC(C(=O)NC(C)C(=O)Nc1ccc(COC(=O)N2c3cc(OCCCCCOc4cc5c(cc4OC)C(=O)N4C=C(C)C[C@@H]4[C@@H](O)N5C(=O)OCc4ccc(NC(=O)OCCOCCC(=O)N[C@@H](C(=O)NC(C)C)C(C)C)cc4)c(OC)cc3C(=O)N3C=C(C)C[C@H]3[C@@H]2O)cc1)C(C)C. The van der Waals surface area contributed by atoms with Crippen LogP contribution in [0.15, 0.2) is 109 Å². The van der Waals surface area contributed by atoms with Gasteiger partial charge in [0.2, 0.25) is 23.6 Å². The average molecular weight is 1470 g/mol. The van der Waals surface area contributed by atoms with E-state index in [2.05, 4.69) is 38.5 Å². The monoisotopic (exact) mass is 1470 g/mol. The van der Waals surface area contributed by atoms with Crippen LogP contribution in [0.4, 0.5) is 41.9 Å². The lowest BCUT2D eigenvalue weighted by Crippen LogP contribution is -2.53. The Balaban J connectivity index is 0.846. The van der Waals surface area contributed by atoms with Crippen LogP contribution in [0.3, 0.4) is 0 Å². The van der Waals surface area contributed by atoms with Crippen molar-refractivity contribution in [1.29, 1.82) is 0 Å². The lowest BCUT2D eigenvalue weighted by Gasteiger charge is -2.31. The highest BCUT2D eigenvalue weighted by Crippen LogP contribution is 2.44. The number of carbonyl (C=O) groups excluding carboxylic acids is 10. The fraction of sp³-hybridized carbons (Fsp3) is 0.467. The van der Waals surface area contributed by atoms with Gasteiger partial charge in [-0.15, -0.1) is 0 Å². The highest BCUT2D eigenvalue weighted by atomic mass is 16.6. The molecule has 0 aromatic heterocycles. The van der Waals surface area contributed by atoms with Crippen molar-refractivity contribution in [1.82, 2.24) is 31.1 Å². The van der Waals surface area contributed by atoms with E-state index >= 15 is 0 Å². The largest absolute Gasteiger partial charge is 0.493 e. The third-order valence-electron chi connectivity index (χ3n) is 17.5. The number of fused-ring (bicyclic) bond motifs is 4. The van der Waals surface area contributed by atoms with Crippen LogP contribution in [0.5, 0.6) is 23.0 Å². The molecule has 4 heterocycles. The fourth-order valence-corrected chi connectivity index (χ4v) is 12.0. The Hall–Kier alpha value is -10.9. The van der Waals surface area contributed by atoms with Crippen LogP contribution < -0.4 is 60.6 Å². The van der Waals surface area contributed by atoms with E-state index in [9.17, 15) is 58.2 Å². The number of nitrogens with zero attached hydrogens (tertiary/aromatic N) is 4.